The van der Waals surface area contributed by atoms with Gasteiger partial charge in [0.1, 0.15) is 5.82 Å². The Bertz CT molecular complexity index is 1650. The van der Waals surface area contributed by atoms with Crippen LogP contribution in [0.4, 0.5) is 4.39 Å². The van der Waals surface area contributed by atoms with Crippen molar-refractivity contribution in [1.82, 2.24) is 0 Å². The third-order valence-electron chi connectivity index (χ3n) is 9.16. The molecule has 4 aromatic carbocycles. The van der Waals surface area contributed by atoms with E-state index >= 15 is 4.39 Å². The fraction of sp³-hybridized carbons (Fsp3) is 0.415. The van der Waals surface area contributed by atoms with Crippen molar-refractivity contribution in [2.75, 3.05) is 40.6 Å². The first kappa shape index (κ1) is 35.2. The highest BCUT2D eigenvalue weighted by atomic mass is 19.1. The topological polar surface area (TPSA) is 77.4 Å². The van der Waals surface area contributed by atoms with Crippen LogP contribution in [-0.4, -0.2) is 50.9 Å². The Hall–Kier alpha value is -4.07. The first-order valence-corrected chi connectivity index (χ1v) is 17.3. The molecule has 2 N–H and O–H groups in total. The van der Waals surface area contributed by atoms with Crippen molar-refractivity contribution in [3.05, 3.63) is 83.7 Å². The first-order valence-electron chi connectivity index (χ1n) is 17.3. The molecule has 0 spiro atoms. The lowest BCUT2D eigenvalue weighted by Crippen LogP contribution is -2.04. The molecule has 0 fully saturated rings. The maximum Gasteiger partial charge on any atom is 0.168 e. The average molecular weight is 657 g/mol. The van der Waals surface area contributed by atoms with Gasteiger partial charge < -0.3 is 29.2 Å². The molecule has 0 saturated heterocycles. The van der Waals surface area contributed by atoms with Gasteiger partial charge in [-0.25, -0.2) is 4.39 Å². The minimum absolute atomic E-state index is 0.0174. The number of methoxy groups -OCH3 is 2. The first-order chi connectivity index (χ1) is 23.5. The Morgan fingerprint density at radius 1 is 0.625 bits per heavy atom. The fourth-order valence-corrected chi connectivity index (χ4v) is 6.57. The quantitative estimate of drug-likeness (QED) is 0.104. The third-order valence-corrected chi connectivity index (χ3v) is 9.16. The molecule has 1 atom stereocenters. The van der Waals surface area contributed by atoms with Gasteiger partial charge in [-0.3, -0.25) is 0 Å². The van der Waals surface area contributed by atoms with Crippen molar-refractivity contribution in [3.8, 4) is 56.4 Å². The zero-order chi connectivity index (χ0) is 33.9. The second kappa shape index (κ2) is 17.4. The van der Waals surface area contributed by atoms with E-state index in [1.165, 1.54) is 36.8 Å². The lowest BCUT2D eigenvalue weighted by atomic mass is 9.94. The van der Waals surface area contributed by atoms with Gasteiger partial charge in [0, 0.05) is 30.8 Å². The summed E-state index contributed by atoms with van der Waals surface area (Å²) in [6.45, 7) is 3.05. The maximum atomic E-state index is 16.1. The third kappa shape index (κ3) is 8.50. The number of halogens is 1. The summed E-state index contributed by atoms with van der Waals surface area (Å²) >= 11 is 0. The number of rotatable bonds is 18. The molecule has 0 bridgehead atoms. The number of hydrogen-bond donors (Lipinski definition) is 2. The van der Waals surface area contributed by atoms with Crippen LogP contribution in [0.5, 0.6) is 23.0 Å². The number of hydrogen-bond acceptors (Lipinski definition) is 6. The summed E-state index contributed by atoms with van der Waals surface area (Å²) in [7, 11) is 3.15. The van der Waals surface area contributed by atoms with Crippen LogP contribution < -0.4 is 18.9 Å². The molecular weight excluding hydrogens is 607 g/mol. The Morgan fingerprint density at radius 2 is 1.33 bits per heavy atom. The summed E-state index contributed by atoms with van der Waals surface area (Å²) < 4.78 is 39.6. The van der Waals surface area contributed by atoms with E-state index in [-0.39, 0.29) is 19.0 Å². The summed E-state index contributed by atoms with van der Waals surface area (Å²) in [5.74, 6) is 2.47. The molecule has 0 heterocycles. The zero-order valence-electron chi connectivity index (χ0n) is 28.5. The largest absolute Gasteiger partial charge is 0.493 e. The van der Waals surface area contributed by atoms with E-state index in [9.17, 15) is 10.2 Å². The molecule has 1 aliphatic carbocycles. The van der Waals surface area contributed by atoms with Gasteiger partial charge in [-0.1, -0.05) is 62.6 Å². The highest BCUT2D eigenvalue weighted by Gasteiger charge is 2.23. The second-order valence-electron chi connectivity index (χ2n) is 12.6. The summed E-state index contributed by atoms with van der Waals surface area (Å²) in [4.78, 5) is 0. The molecule has 0 saturated carbocycles. The van der Waals surface area contributed by atoms with Crippen LogP contribution in [0.25, 0.3) is 33.4 Å². The van der Waals surface area contributed by atoms with Gasteiger partial charge >= 0.3 is 0 Å². The van der Waals surface area contributed by atoms with Crippen LogP contribution in [0.3, 0.4) is 0 Å². The molecular formula is C41H49FO6. The van der Waals surface area contributed by atoms with Crippen molar-refractivity contribution in [3.63, 3.8) is 0 Å². The molecule has 6 nitrogen and oxygen atoms in total. The van der Waals surface area contributed by atoms with Gasteiger partial charge in [0.2, 0.25) is 0 Å². The lowest BCUT2D eigenvalue weighted by Gasteiger charge is -2.19. The molecule has 1 unspecified atom stereocenters. The van der Waals surface area contributed by atoms with Gasteiger partial charge in [-0.15, -0.1) is 0 Å². The standard InChI is InChI=1S/C41H49FO6/c1-4-5-6-10-28-21-29-11-12-30(23-33(29)22-28)31-13-15-35(37(42)25-31)34-24-36(41(40(27-34)46-3)48-19-8-7-17-43)32-14-16-38(45-2)39(26-32)47-20-9-18-44/h11-16,23-28,43-44H,4-10,17-22H2,1-3H3. The monoisotopic (exact) mass is 656 g/mol. The summed E-state index contributed by atoms with van der Waals surface area (Å²) in [5.41, 5.74) is 7.28. The molecule has 5 rings (SSSR count). The number of aliphatic hydroxyl groups excluding tert-OH is 2. The van der Waals surface area contributed by atoms with Gasteiger partial charge in [0.25, 0.3) is 0 Å². The Kier molecular flexibility index (Phi) is 12.7. The van der Waals surface area contributed by atoms with E-state index in [0.29, 0.717) is 78.1 Å². The normalized spacial score (nSPS) is 13.8. The van der Waals surface area contributed by atoms with E-state index in [1.807, 2.05) is 36.4 Å². The number of aliphatic hydroxyl groups is 2. The van der Waals surface area contributed by atoms with Crippen molar-refractivity contribution >= 4 is 0 Å². The van der Waals surface area contributed by atoms with Crippen LogP contribution >= 0.6 is 0 Å². The smallest absolute Gasteiger partial charge is 0.168 e. The fourth-order valence-electron chi connectivity index (χ4n) is 6.57. The van der Waals surface area contributed by atoms with Crippen LogP contribution in [0, 0.1) is 11.7 Å². The van der Waals surface area contributed by atoms with E-state index in [1.54, 1.807) is 26.4 Å². The SMILES string of the molecule is CCCCCC1Cc2ccc(-c3ccc(-c4cc(OC)c(OCCCCO)c(-c5ccc(OC)c(OCCCO)c5)c4)c(F)c3)cc2C1. The minimum atomic E-state index is -0.321. The molecule has 256 valence electrons. The van der Waals surface area contributed by atoms with E-state index < -0.39 is 0 Å². The lowest BCUT2D eigenvalue weighted by molar-refractivity contribution is 0.228. The number of benzene rings is 4. The van der Waals surface area contributed by atoms with Crippen molar-refractivity contribution in [2.45, 2.75) is 64.7 Å². The van der Waals surface area contributed by atoms with Gasteiger partial charge in [-0.05, 0) is 102 Å². The van der Waals surface area contributed by atoms with Crippen LogP contribution in [0.15, 0.2) is 66.7 Å². The van der Waals surface area contributed by atoms with E-state index in [2.05, 4.69) is 25.1 Å². The van der Waals surface area contributed by atoms with Gasteiger partial charge in [-0.2, -0.15) is 0 Å². The molecule has 48 heavy (non-hydrogen) atoms. The summed E-state index contributed by atoms with van der Waals surface area (Å²) in [6, 6.07) is 21.3. The molecule has 4 aromatic rings. The molecule has 1 aliphatic rings. The molecule has 0 aromatic heterocycles. The van der Waals surface area contributed by atoms with Crippen molar-refractivity contribution in [2.24, 2.45) is 5.92 Å². The molecule has 0 amide bonds. The summed E-state index contributed by atoms with van der Waals surface area (Å²) in [5, 5.41) is 18.5. The Labute approximate surface area is 284 Å². The Morgan fingerprint density at radius 3 is 2.08 bits per heavy atom. The molecule has 7 heteroatoms. The predicted octanol–water partition coefficient (Wildman–Crippen LogP) is 9.05. The van der Waals surface area contributed by atoms with Crippen LogP contribution in [-0.2, 0) is 12.8 Å². The van der Waals surface area contributed by atoms with Crippen molar-refractivity contribution < 1.29 is 33.6 Å². The average Bonchev–Trinajstić information content (AvgIpc) is 3.52. The maximum absolute atomic E-state index is 16.1. The molecule has 0 radical (unpaired) electrons. The van der Waals surface area contributed by atoms with Gasteiger partial charge in [0.05, 0.1) is 27.4 Å². The van der Waals surface area contributed by atoms with Crippen LogP contribution in [0.2, 0.25) is 0 Å². The number of ether oxygens (including phenoxy) is 4. The summed E-state index contributed by atoms with van der Waals surface area (Å²) in [6.07, 6.45) is 9.09. The predicted molar refractivity (Wildman–Crippen MR) is 190 cm³/mol. The van der Waals surface area contributed by atoms with E-state index in [4.69, 9.17) is 18.9 Å². The van der Waals surface area contributed by atoms with E-state index in [0.717, 1.165) is 29.5 Å². The minimum Gasteiger partial charge on any atom is -0.493 e. The van der Waals surface area contributed by atoms with Gasteiger partial charge in [0.15, 0.2) is 23.0 Å². The highest BCUT2D eigenvalue weighted by molar-refractivity contribution is 5.83. The Balaban J connectivity index is 1.49. The number of fused-ring (bicyclic) bond motifs is 1. The zero-order valence-corrected chi connectivity index (χ0v) is 28.5. The molecule has 0 aliphatic heterocycles. The van der Waals surface area contributed by atoms with Crippen LogP contribution in [0.1, 0.15) is 63.0 Å². The van der Waals surface area contributed by atoms with Crippen molar-refractivity contribution in [1.29, 1.82) is 0 Å². The second-order valence-corrected chi connectivity index (χ2v) is 12.6. The number of unbranched alkanes of at least 4 members (excludes halogenated alkanes) is 3. The highest BCUT2D eigenvalue weighted by Crippen LogP contribution is 2.45.